The predicted molar refractivity (Wildman–Crippen MR) is 90.5 cm³/mol. The molecule has 0 spiro atoms. The monoisotopic (exact) mass is 337 g/mol. The zero-order valence-corrected chi connectivity index (χ0v) is 14.4. The maximum absolute atomic E-state index is 12.4. The molecule has 1 unspecified atom stereocenters. The zero-order valence-electron chi connectivity index (χ0n) is 12.8. The average Bonchev–Trinajstić information content (AvgIpc) is 3.11. The fraction of sp³-hybridized carbons (Fsp3) is 0.933. The molecule has 0 bridgehead atoms. The fourth-order valence-electron chi connectivity index (χ4n) is 3.80. The van der Waals surface area contributed by atoms with Crippen molar-refractivity contribution in [1.82, 2.24) is 15.1 Å². The molecule has 3 aliphatic rings. The van der Waals surface area contributed by atoms with Gasteiger partial charge in [0.15, 0.2) is 0 Å². The molecule has 21 heavy (non-hydrogen) atoms. The molecule has 3 saturated heterocycles. The number of carbonyl (C=O) groups excluding carboxylic acids is 1. The quantitative estimate of drug-likeness (QED) is 0.854. The lowest BCUT2D eigenvalue weighted by molar-refractivity contribution is -0.133. The molecule has 3 aliphatic heterocycles. The highest BCUT2D eigenvalue weighted by atomic mass is 35.5. The summed E-state index contributed by atoms with van der Waals surface area (Å²) in [5, 5.41) is 3.38. The van der Waals surface area contributed by atoms with E-state index < -0.39 is 0 Å². The summed E-state index contributed by atoms with van der Waals surface area (Å²) in [6.07, 6.45) is 7.39. The van der Waals surface area contributed by atoms with Crippen molar-refractivity contribution in [3.8, 4) is 0 Å². The summed E-state index contributed by atoms with van der Waals surface area (Å²) in [5.41, 5.74) is 0. The molecule has 0 saturated carbocycles. The fourth-order valence-corrected chi connectivity index (χ4v) is 3.80. The second kappa shape index (κ2) is 9.19. The SMILES string of the molecule is Cl.Cl.O=C([C@H]1CCCCN1)N1CCC(CN2CCCC2)C1. The minimum absolute atomic E-state index is 0. The largest absolute Gasteiger partial charge is 0.341 e. The normalized spacial score (nSPS) is 29.8. The number of carbonyl (C=O) groups is 1. The van der Waals surface area contributed by atoms with Crippen molar-refractivity contribution >= 4 is 30.7 Å². The van der Waals surface area contributed by atoms with Gasteiger partial charge in [-0.15, -0.1) is 24.8 Å². The number of hydrogen-bond donors (Lipinski definition) is 1. The summed E-state index contributed by atoms with van der Waals surface area (Å²) >= 11 is 0. The standard InChI is InChI=1S/C15H27N3O.2ClH/c19-15(14-5-1-2-7-16-14)18-10-6-13(12-18)11-17-8-3-4-9-17;;/h13-14,16H,1-12H2;2*1H/t13?,14-;;/m1../s1. The molecule has 124 valence electrons. The molecule has 2 atom stereocenters. The first-order valence-electron chi connectivity index (χ1n) is 8.07. The molecule has 3 rings (SSSR count). The van der Waals surface area contributed by atoms with Crippen molar-refractivity contribution in [1.29, 1.82) is 0 Å². The van der Waals surface area contributed by atoms with E-state index in [0.29, 0.717) is 11.8 Å². The van der Waals surface area contributed by atoms with Crippen molar-refractivity contribution < 1.29 is 4.79 Å². The topological polar surface area (TPSA) is 35.6 Å². The highest BCUT2D eigenvalue weighted by molar-refractivity contribution is 5.85. The van der Waals surface area contributed by atoms with Gasteiger partial charge in [0.2, 0.25) is 5.91 Å². The first kappa shape index (κ1) is 19.0. The van der Waals surface area contributed by atoms with Gasteiger partial charge in [-0.2, -0.15) is 0 Å². The lowest BCUT2D eigenvalue weighted by Crippen LogP contribution is -2.48. The molecule has 0 aromatic rings. The van der Waals surface area contributed by atoms with Crippen LogP contribution in [0.25, 0.3) is 0 Å². The lowest BCUT2D eigenvalue weighted by Gasteiger charge is -2.27. The van der Waals surface area contributed by atoms with Gasteiger partial charge >= 0.3 is 0 Å². The minimum Gasteiger partial charge on any atom is -0.341 e. The van der Waals surface area contributed by atoms with E-state index in [1.807, 2.05) is 0 Å². The van der Waals surface area contributed by atoms with Crippen molar-refractivity contribution in [3.63, 3.8) is 0 Å². The Morgan fingerprint density at radius 1 is 1.00 bits per heavy atom. The van der Waals surface area contributed by atoms with Gasteiger partial charge in [-0.1, -0.05) is 6.42 Å². The molecule has 1 amide bonds. The van der Waals surface area contributed by atoms with Gasteiger partial charge in [0.05, 0.1) is 6.04 Å². The summed E-state index contributed by atoms with van der Waals surface area (Å²) < 4.78 is 0. The van der Waals surface area contributed by atoms with E-state index in [1.165, 1.54) is 51.7 Å². The zero-order chi connectivity index (χ0) is 13.1. The van der Waals surface area contributed by atoms with Crippen LogP contribution in [0.1, 0.15) is 38.5 Å². The van der Waals surface area contributed by atoms with Crippen molar-refractivity contribution in [2.45, 2.75) is 44.6 Å². The third kappa shape index (κ3) is 4.98. The molecule has 1 N–H and O–H groups in total. The molecule has 6 heteroatoms. The van der Waals surface area contributed by atoms with Crippen LogP contribution in [0.15, 0.2) is 0 Å². The van der Waals surface area contributed by atoms with Crippen molar-refractivity contribution in [2.24, 2.45) is 5.92 Å². The number of halogens is 2. The van der Waals surface area contributed by atoms with E-state index >= 15 is 0 Å². The minimum atomic E-state index is 0. The Kier molecular flexibility index (Phi) is 8.32. The molecule has 0 radical (unpaired) electrons. The van der Waals surface area contributed by atoms with E-state index in [4.69, 9.17) is 0 Å². The first-order valence-corrected chi connectivity index (χ1v) is 8.07. The second-order valence-corrected chi connectivity index (χ2v) is 6.45. The highest BCUT2D eigenvalue weighted by Crippen LogP contribution is 2.21. The van der Waals surface area contributed by atoms with Gasteiger partial charge in [0, 0.05) is 19.6 Å². The van der Waals surface area contributed by atoms with Crippen LogP contribution in [0.5, 0.6) is 0 Å². The third-order valence-electron chi connectivity index (χ3n) is 4.92. The van der Waals surface area contributed by atoms with Gasteiger partial charge in [-0.05, 0) is 57.7 Å². The Hall–Kier alpha value is -0.0300. The maximum Gasteiger partial charge on any atom is 0.239 e. The van der Waals surface area contributed by atoms with Crippen LogP contribution in [0.2, 0.25) is 0 Å². The van der Waals surface area contributed by atoms with Crippen LogP contribution in [-0.2, 0) is 4.79 Å². The molecular formula is C15H29Cl2N3O. The first-order chi connectivity index (χ1) is 9.33. The average molecular weight is 338 g/mol. The molecule has 0 aromatic heterocycles. The summed E-state index contributed by atoms with van der Waals surface area (Å²) in [6, 6.07) is 0.110. The molecule has 0 aliphatic carbocycles. The second-order valence-electron chi connectivity index (χ2n) is 6.45. The number of hydrogen-bond acceptors (Lipinski definition) is 3. The van der Waals surface area contributed by atoms with E-state index in [9.17, 15) is 4.79 Å². The smallest absolute Gasteiger partial charge is 0.239 e. The Morgan fingerprint density at radius 3 is 2.43 bits per heavy atom. The molecule has 3 fully saturated rings. The number of nitrogens with one attached hydrogen (secondary N) is 1. The Balaban J connectivity index is 0.00000110. The Bertz CT molecular complexity index is 318. The summed E-state index contributed by atoms with van der Waals surface area (Å²) in [7, 11) is 0. The number of nitrogens with zero attached hydrogens (tertiary/aromatic N) is 2. The van der Waals surface area contributed by atoms with Gasteiger partial charge < -0.3 is 15.1 Å². The molecule has 0 aromatic carbocycles. The van der Waals surface area contributed by atoms with E-state index in [2.05, 4.69) is 15.1 Å². The maximum atomic E-state index is 12.4. The van der Waals surface area contributed by atoms with Crippen LogP contribution < -0.4 is 5.32 Å². The van der Waals surface area contributed by atoms with Crippen LogP contribution in [-0.4, -0.2) is 61.0 Å². The molecule has 4 nitrogen and oxygen atoms in total. The molecule has 3 heterocycles. The summed E-state index contributed by atoms with van der Waals surface area (Å²) in [5.74, 6) is 1.08. The van der Waals surface area contributed by atoms with Crippen molar-refractivity contribution in [3.05, 3.63) is 0 Å². The highest BCUT2D eigenvalue weighted by Gasteiger charge is 2.32. The van der Waals surface area contributed by atoms with Crippen molar-refractivity contribution in [2.75, 3.05) is 39.3 Å². The van der Waals surface area contributed by atoms with E-state index in [0.717, 1.165) is 26.1 Å². The van der Waals surface area contributed by atoms with Crippen LogP contribution in [0, 0.1) is 5.92 Å². The van der Waals surface area contributed by atoms with Crippen LogP contribution in [0.4, 0.5) is 0 Å². The van der Waals surface area contributed by atoms with E-state index in [1.54, 1.807) is 0 Å². The number of rotatable bonds is 3. The van der Waals surface area contributed by atoms with Gasteiger partial charge in [-0.25, -0.2) is 0 Å². The van der Waals surface area contributed by atoms with Gasteiger partial charge in [-0.3, -0.25) is 4.79 Å². The summed E-state index contributed by atoms with van der Waals surface area (Å²) in [6.45, 7) is 6.75. The van der Waals surface area contributed by atoms with Crippen LogP contribution >= 0.6 is 24.8 Å². The number of piperidine rings is 1. The van der Waals surface area contributed by atoms with E-state index in [-0.39, 0.29) is 30.9 Å². The number of likely N-dealkylation sites (tertiary alicyclic amines) is 2. The predicted octanol–water partition coefficient (Wildman–Crippen LogP) is 1.92. The third-order valence-corrected chi connectivity index (χ3v) is 4.92. The lowest BCUT2D eigenvalue weighted by atomic mass is 10.0. The van der Waals surface area contributed by atoms with Gasteiger partial charge in [0.1, 0.15) is 0 Å². The number of amides is 1. The van der Waals surface area contributed by atoms with Crippen LogP contribution in [0.3, 0.4) is 0 Å². The Labute approximate surface area is 140 Å². The molecular weight excluding hydrogens is 309 g/mol. The Morgan fingerprint density at radius 2 is 1.76 bits per heavy atom. The van der Waals surface area contributed by atoms with Gasteiger partial charge in [0.25, 0.3) is 0 Å². The summed E-state index contributed by atoms with van der Waals surface area (Å²) in [4.78, 5) is 17.1.